The first-order chi connectivity index (χ1) is 9.97. The Labute approximate surface area is 129 Å². The van der Waals surface area contributed by atoms with Gasteiger partial charge in [0, 0.05) is 29.5 Å². The third-order valence-electron chi connectivity index (χ3n) is 2.85. The predicted molar refractivity (Wildman–Crippen MR) is 83.2 cm³/mol. The number of halogens is 1. The third-order valence-corrected chi connectivity index (χ3v) is 3.28. The van der Waals surface area contributed by atoms with Crippen molar-refractivity contribution in [2.24, 2.45) is 0 Å². The van der Waals surface area contributed by atoms with Gasteiger partial charge in [0.15, 0.2) is 0 Å². The van der Waals surface area contributed by atoms with Gasteiger partial charge in [-0.3, -0.25) is 9.78 Å². The summed E-state index contributed by atoms with van der Waals surface area (Å²) >= 11 is 3.36. The molecule has 0 aliphatic rings. The van der Waals surface area contributed by atoms with Gasteiger partial charge in [0.1, 0.15) is 6.04 Å². The van der Waals surface area contributed by atoms with Crippen LogP contribution in [0.4, 0.5) is 5.69 Å². The number of rotatable bonds is 5. The number of benzene rings is 1. The molecule has 1 aromatic heterocycles. The van der Waals surface area contributed by atoms with Gasteiger partial charge in [0.05, 0.1) is 11.2 Å². The number of pyridine rings is 1. The Bertz CT molecular complexity index is 690. The number of amides is 1. The van der Waals surface area contributed by atoms with Crippen LogP contribution in [0.25, 0.3) is 10.9 Å². The van der Waals surface area contributed by atoms with Gasteiger partial charge in [0.2, 0.25) is 5.91 Å². The number of hydrogen-bond acceptors (Lipinski definition) is 4. The number of anilines is 1. The molecule has 0 fully saturated rings. The van der Waals surface area contributed by atoms with Crippen LogP contribution < -0.4 is 10.6 Å². The number of carbonyl (C=O) groups excluding carboxylic acids is 1. The summed E-state index contributed by atoms with van der Waals surface area (Å²) in [7, 11) is 0. The molecular formula is C14H14BrN3O3. The quantitative estimate of drug-likeness (QED) is 0.766. The molecule has 1 heterocycles. The van der Waals surface area contributed by atoms with Crippen molar-refractivity contribution in [3.8, 4) is 0 Å². The van der Waals surface area contributed by atoms with E-state index >= 15 is 0 Å². The fraction of sp³-hybridized carbons (Fsp3) is 0.214. The second-order valence-electron chi connectivity index (χ2n) is 4.50. The highest BCUT2D eigenvalue weighted by Gasteiger charge is 2.18. The zero-order valence-corrected chi connectivity index (χ0v) is 12.8. The van der Waals surface area contributed by atoms with E-state index in [2.05, 4.69) is 31.5 Å². The maximum Gasteiger partial charge on any atom is 0.328 e. The molecule has 3 N–H and O–H groups in total. The minimum Gasteiger partial charge on any atom is -0.480 e. The molecule has 6 nitrogen and oxygen atoms in total. The second kappa shape index (κ2) is 6.53. The molecule has 1 atom stereocenters. The number of carboxylic acid groups (broad SMARTS) is 1. The number of carboxylic acids is 1. The maximum absolute atomic E-state index is 11.1. The zero-order chi connectivity index (χ0) is 15.4. The standard InChI is InChI=1S/C14H14BrN3O3/c1-8(19)18-12(14(20)21)7-16-11-4-2-3-9-5-10(15)6-17-13(9)11/h2-6,12,16H,7H2,1H3,(H,18,19)(H,20,21). The average Bonchev–Trinajstić information content (AvgIpc) is 2.42. The number of fused-ring (bicyclic) bond motifs is 1. The summed E-state index contributed by atoms with van der Waals surface area (Å²) in [6, 6.07) is 6.52. The lowest BCUT2D eigenvalue weighted by molar-refractivity contribution is -0.141. The van der Waals surface area contributed by atoms with Crippen molar-refractivity contribution < 1.29 is 14.7 Å². The summed E-state index contributed by atoms with van der Waals surface area (Å²) in [5, 5.41) is 15.4. The van der Waals surface area contributed by atoms with Gasteiger partial charge in [-0.2, -0.15) is 0 Å². The molecule has 0 spiro atoms. The van der Waals surface area contributed by atoms with E-state index in [4.69, 9.17) is 5.11 Å². The topological polar surface area (TPSA) is 91.3 Å². The molecule has 0 radical (unpaired) electrons. The Morgan fingerprint density at radius 3 is 2.86 bits per heavy atom. The molecule has 0 saturated carbocycles. The number of aromatic nitrogens is 1. The van der Waals surface area contributed by atoms with E-state index in [-0.39, 0.29) is 12.5 Å². The lowest BCUT2D eigenvalue weighted by Gasteiger charge is -2.15. The van der Waals surface area contributed by atoms with E-state index in [1.54, 1.807) is 6.20 Å². The van der Waals surface area contributed by atoms with Crippen molar-refractivity contribution in [2.45, 2.75) is 13.0 Å². The van der Waals surface area contributed by atoms with Crippen molar-refractivity contribution >= 4 is 44.4 Å². The SMILES string of the molecule is CC(=O)NC(CNc1cccc2cc(Br)cnc12)C(=O)O. The maximum atomic E-state index is 11.1. The summed E-state index contributed by atoms with van der Waals surface area (Å²) < 4.78 is 0.869. The van der Waals surface area contributed by atoms with E-state index in [9.17, 15) is 9.59 Å². The van der Waals surface area contributed by atoms with Crippen LogP contribution in [0.15, 0.2) is 34.9 Å². The first-order valence-corrected chi connectivity index (χ1v) is 7.04. The summed E-state index contributed by atoms with van der Waals surface area (Å²) in [5.74, 6) is -1.47. The smallest absolute Gasteiger partial charge is 0.328 e. The van der Waals surface area contributed by atoms with Gasteiger partial charge in [0.25, 0.3) is 0 Å². The Morgan fingerprint density at radius 1 is 1.43 bits per heavy atom. The normalized spacial score (nSPS) is 11.9. The van der Waals surface area contributed by atoms with Crippen LogP contribution in [0.2, 0.25) is 0 Å². The molecule has 0 aliphatic carbocycles. The Morgan fingerprint density at radius 2 is 2.19 bits per heavy atom. The van der Waals surface area contributed by atoms with Crippen molar-refractivity contribution in [2.75, 3.05) is 11.9 Å². The first-order valence-electron chi connectivity index (χ1n) is 6.25. The molecule has 2 rings (SSSR count). The highest BCUT2D eigenvalue weighted by atomic mass is 79.9. The minimum absolute atomic E-state index is 0.0752. The number of aliphatic carboxylic acids is 1. The molecule has 2 aromatic rings. The molecular weight excluding hydrogens is 338 g/mol. The Balaban J connectivity index is 2.19. The van der Waals surface area contributed by atoms with Gasteiger partial charge in [-0.05, 0) is 28.1 Å². The summed E-state index contributed by atoms with van der Waals surface area (Å²) in [6.07, 6.45) is 1.68. The molecule has 21 heavy (non-hydrogen) atoms. The summed E-state index contributed by atoms with van der Waals surface area (Å²) in [6.45, 7) is 1.36. The van der Waals surface area contributed by atoms with Crippen LogP contribution in [-0.4, -0.2) is 34.6 Å². The highest BCUT2D eigenvalue weighted by molar-refractivity contribution is 9.10. The molecule has 1 aromatic carbocycles. The number of carbonyl (C=O) groups is 2. The molecule has 0 bridgehead atoms. The molecule has 110 valence electrons. The lowest BCUT2D eigenvalue weighted by atomic mass is 10.2. The fourth-order valence-corrected chi connectivity index (χ4v) is 2.28. The van der Waals surface area contributed by atoms with Crippen LogP contribution in [0.3, 0.4) is 0 Å². The van der Waals surface area contributed by atoms with Gasteiger partial charge >= 0.3 is 5.97 Å². The van der Waals surface area contributed by atoms with E-state index in [1.807, 2.05) is 24.3 Å². The number of para-hydroxylation sites is 1. The summed E-state index contributed by atoms with van der Waals surface area (Å²) in [5.41, 5.74) is 1.46. The van der Waals surface area contributed by atoms with Gasteiger partial charge < -0.3 is 15.7 Å². The van der Waals surface area contributed by atoms with E-state index in [0.29, 0.717) is 0 Å². The van der Waals surface area contributed by atoms with Crippen molar-refractivity contribution in [1.29, 1.82) is 0 Å². The minimum atomic E-state index is -1.09. The van der Waals surface area contributed by atoms with Crippen LogP contribution in [0.5, 0.6) is 0 Å². The van der Waals surface area contributed by atoms with Gasteiger partial charge in [-0.15, -0.1) is 0 Å². The monoisotopic (exact) mass is 351 g/mol. The van der Waals surface area contributed by atoms with Crippen LogP contribution >= 0.6 is 15.9 Å². The third kappa shape index (κ3) is 3.91. The Hall–Kier alpha value is -2.15. The number of nitrogens with zero attached hydrogens (tertiary/aromatic N) is 1. The fourth-order valence-electron chi connectivity index (χ4n) is 1.93. The predicted octanol–water partition coefficient (Wildman–Crippen LogP) is 2.00. The van der Waals surface area contributed by atoms with Crippen LogP contribution in [-0.2, 0) is 9.59 Å². The largest absolute Gasteiger partial charge is 0.480 e. The molecule has 0 saturated heterocycles. The number of hydrogen-bond donors (Lipinski definition) is 3. The molecule has 1 amide bonds. The van der Waals surface area contributed by atoms with Crippen molar-refractivity contribution in [1.82, 2.24) is 10.3 Å². The van der Waals surface area contributed by atoms with E-state index < -0.39 is 12.0 Å². The molecule has 1 unspecified atom stereocenters. The zero-order valence-electron chi connectivity index (χ0n) is 11.3. The van der Waals surface area contributed by atoms with Crippen molar-refractivity contribution in [3.05, 3.63) is 34.9 Å². The number of nitrogens with one attached hydrogen (secondary N) is 2. The van der Waals surface area contributed by atoms with Gasteiger partial charge in [-0.25, -0.2) is 4.79 Å². The Kier molecular flexibility index (Phi) is 4.74. The first kappa shape index (κ1) is 15.2. The molecule has 7 heteroatoms. The second-order valence-corrected chi connectivity index (χ2v) is 5.42. The summed E-state index contributed by atoms with van der Waals surface area (Å²) in [4.78, 5) is 26.4. The van der Waals surface area contributed by atoms with E-state index in [1.165, 1.54) is 6.92 Å². The van der Waals surface area contributed by atoms with Crippen LogP contribution in [0, 0.1) is 0 Å². The highest BCUT2D eigenvalue weighted by Crippen LogP contribution is 2.23. The molecule has 0 aliphatic heterocycles. The van der Waals surface area contributed by atoms with E-state index in [0.717, 1.165) is 21.1 Å². The average molecular weight is 352 g/mol. The van der Waals surface area contributed by atoms with Gasteiger partial charge in [-0.1, -0.05) is 12.1 Å². The van der Waals surface area contributed by atoms with Crippen molar-refractivity contribution in [3.63, 3.8) is 0 Å². The lowest BCUT2D eigenvalue weighted by Crippen LogP contribution is -2.44. The van der Waals surface area contributed by atoms with Crippen LogP contribution in [0.1, 0.15) is 6.92 Å².